The van der Waals surface area contributed by atoms with Crippen LogP contribution >= 0.6 is 0 Å². The van der Waals surface area contributed by atoms with Crippen LogP contribution in [0.4, 0.5) is 0 Å². The molecule has 1 aliphatic carbocycles. The lowest BCUT2D eigenvalue weighted by Gasteiger charge is -2.35. The van der Waals surface area contributed by atoms with Gasteiger partial charge >= 0.3 is 0 Å². The van der Waals surface area contributed by atoms with E-state index in [1.165, 1.54) is 71.6 Å². The Hall–Kier alpha value is -9.18. The molecule has 0 aliphatic heterocycles. The largest absolute Gasteiger partial charge is 0.456 e. The van der Waals surface area contributed by atoms with Crippen LogP contribution in [-0.2, 0) is 5.41 Å². The number of rotatable bonds is 7. The molecule has 0 spiro atoms. The Morgan fingerprint density at radius 3 is 1.56 bits per heavy atom. The molecular formula is C67H42N2O. The van der Waals surface area contributed by atoms with Crippen molar-refractivity contribution >= 4 is 43.5 Å². The van der Waals surface area contributed by atoms with Crippen molar-refractivity contribution in [1.29, 1.82) is 0 Å². The Bertz CT molecular complexity index is 4120. The number of nitrogens with zero attached hydrogens (tertiary/aromatic N) is 2. The maximum absolute atomic E-state index is 6.11. The molecule has 0 radical (unpaired) electrons. The van der Waals surface area contributed by atoms with Crippen LogP contribution in [0.1, 0.15) is 22.3 Å². The van der Waals surface area contributed by atoms with Crippen LogP contribution in [0.5, 0.6) is 0 Å². The van der Waals surface area contributed by atoms with E-state index >= 15 is 0 Å². The molecule has 0 saturated carbocycles. The van der Waals surface area contributed by atoms with Crippen molar-refractivity contribution in [1.82, 2.24) is 9.97 Å². The SMILES string of the molecule is c1ccc(-c2nc(-c3ccc(-c4ccc5c(ccc6cc(-c7ccc8oc9ccccc9c8c7)ccc65)c4)cc3)cc(-c3cccc4c3C(c3ccccc3)(c3ccccc3)c3ccccc3-4)n2)cc1. The van der Waals surface area contributed by atoms with Gasteiger partial charge in [0.1, 0.15) is 11.2 Å². The first kappa shape index (κ1) is 39.9. The predicted octanol–water partition coefficient (Wildman–Crippen LogP) is 17.4. The smallest absolute Gasteiger partial charge is 0.160 e. The first-order chi connectivity index (χ1) is 34.7. The summed E-state index contributed by atoms with van der Waals surface area (Å²) in [4.78, 5) is 10.7. The van der Waals surface area contributed by atoms with Crippen LogP contribution in [0.2, 0.25) is 0 Å². The second-order valence-electron chi connectivity index (χ2n) is 18.4. The standard InChI is InChI=1S/C67H42N2O/c1-4-15-45(16-5-1)66-68-61(42-62(69-66)58-24-14-23-57-55-21-10-12-25-60(55)67(65(57)58,51-17-6-2-7-18-51)52-19-8-3-9-20-52)44-29-27-43(28-30-44)46-33-36-53-49(39-46)31-32-50-40-47(34-37-54(50)53)48-35-38-64-59(41-48)56-22-11-13-26-63(56)70-64/h1-42H. The molecule has 2 heterocycles. The van der Waals surface area contributed by atoms with Gasteiger partial charge in [0.2, 0.25) is 0 Å². The molecule has 1 aliphatic rings. The number of aromatic nitrogens is 2. The van der Waals surface area contributed by atoms with Gasteiger partial charge in [0, 0.05) is 27.5 Å². The molecule has 2 aromatic heterocycles. The normalized spacial score (nSPS) is 12.7. The first-order valence-corrected chi connectivity index (χ1v) is 24.0. The molecule has 3 nitrogen and oxygen atoms in total. The lowest BCUT2D eigenvalue weighted by Crippen LogP contribution is -2.29. The summed E-state index contributed by atoms with van der Waals surface area (Å²) in [6, 6.07) is 91.9. The third-order valence-electron chi connectivity index (χ3n) is 14.6. The third-order valence-corrected chi connectivity index (χ3v) is 14.6. The second kappa shape index (κ2) is 16.0. The fourth-order valence-corrected chi connectivity index (χ4v) is 11.3. The summed E-state index contributed by atoms with van der Waals surface area (Å²) in [6.45, 7) is 0. The fourth-order valence-electron chi connectivity index (χ4n) is 11.3. The monoisotopic (exact) mass is 890 g/mol. The highest BCUT2D eigenvalue weighted by Crippen LogP contribution is 2.58. The van der Waals surface area contributed by atoms with E-state index in [0.717, 1.165) is 55.6 Å². The van der Waals surface area contributed by atoms with E-state index in [9.17, 15) is 0 Å². The molecule has 0 fully saturated rings. The Balaban J connectivity index is 0.850. The quantitative estimate of drug-likeness (QED) is 0.150. The lowest BCUT2D eigenvalue weighted by molar-refractivity contribution is 0.669. The van der Waals surface area contributed by atoms with Gasteiger partial charge in [-0.15, -0.1) is 0 Å². The molecule has 0 N–H and O–H groups in total. The Kier molecular flexibility index (Phi) is 9.11. The van der Waals surface area contributed by atoms with Gasteiger partial charge < -0.3 is 4.42 Å². The molecule has 0 bridgehead atoms. The summed E-state index contributed by atoms with van der Waals surface area (Å²) in [5, 5.41) is 7.19. The van der Waals surface area contributed by atoms with Crippen molar-refractivity contribution in [2.75, 3.05) is 0 Å². The molecule has 3 heteroatoms. The Morgan fingerprint density at radius 1 is 0.300 bits per heavy atom. The van der Waals surface area contributed by atoms with Crippen molar-refractivity contribution in [3.05, 3.63) is 277 Å². The second-order valence-corrected chi connectivity index (χ2v) is 18.4. The lowest BCUT2D eigenvalue weighted by atomic mass is 9.66. The molecule has 0 unspecified atom stereocenters. The van der Waals surface area contributed by atoms with Gasteiger partial charge in [0.15, 0.2) is 5.82 Å². The van der Waals surface area contributed by atoms with Gasteiger partial charge in [-0.25, -0.2) is 9.97 Å². The molecule has 326 valence electrons. The summed E-state index contributed by atoms with van der Waals surface area (Å²) in [6.07, 6.45) is 0. The van der Waals surface area contributed by atoms with Gasteiger partial charge in [0.25, 0.3) is 0 Å². The van der Waals surface area contributed by atoms with E-state index in [2.05, 4.69) is 237 Å². The maximum atomic E-state index is 6.11. The molecule has 0 amide bonds. The third kappa shape index (κ3) is 6.29. The van der Waals surface area contributed by atoms with Crippen LogP contribution in [0.3, 0.4) is 0 Å². The van der Waals surface area contributed by atoms with Crippen LogP contribution < -0.4 is 0 Å². The average molecular weight is 891 g/mol. The highest BCUT2D eigenvalue weighted by molar-refractivity contribution is 6.10. The topological polar surface area (TPSA) is 38.9 Å². The summed E-state index contributed by atoms with van der Waals surface area (Å²) >= 11 is 0. The van der Waals surface area contributed by atoms with Crippen molar-refractivity contribution in [2.45, 2.75) is 5.41 Å². The number of hydrogen-bond acceptors (Lipinski definition) is 3. The van der Waals surface area contributed by atoms with Crippen LogP contribution in [0.25, 0.3) is 111 Å². The average Bonchev–Trinajstić information content (AvgIpc) is 3.97. The van der Waals surface area contributed by atoms with Crippen LogP contribution in [0.15, 0.2) is 259 Å². The number of para-hydroxylation sites is 1. The summed E-state index contributed by atoms with van der Waals surface area (Å²) in [7, 11) is 0. The molecule has 0 atom stereocenters. The van der Waals surface area contributed by atoms with E-state index in [-0.39, 0.29) is 0 Å². The first-order valence-electron chi connectivity index (χ1n) is 24.0. The van der Waals surface area contributed by atoms with Crippen molar-refractivity contribution in [3.63, 3.8) is 0 Å². The van der Waals surface area contributed by atoms with E-state index in [1.807, 2.05) is 18.2 Å². The Labute approximate surface area is 405 Å². The van der Waals surface area contributed by atoms with E-state index < -0.39 is 5.41 Å². The highest BCUT2D eigenvalue weighted by Gasteiger charge is 2.47. The zero-order valence-electron chi connectivity index (χ0n) is 38.1. The number of fused-ring (bicyclic) bond motifs is 9. The fraction of sp³-hybridized carbons (Fsp3) is 0.0149. The number of hydrogen-bond donors (Lipinski definition) is 0. The Morgan fingerprint density at radius 2 is 0.829 bits per heavy atom. The minimum atomic E-state index is -0.577. The van der Waals surface area contributed by atoms with Crippen LogP contribution in [0, 0.1) is 0 Å². The predicted molar refractivity (Wildman–Crippen MR) is 289 cm³/mol. The maximum Gasteiger partial charge on any atom is 0.160 e. The van der Waals surface area contributed by atoms with E-state index in [4.69, 9.17) is 14.4 Å². The van der Waals surface area contributed by atoms with Gasteiger partial charge in [0.05, 0.1) is 16.8 Å². The molecular weight excluding hydrogens is 849 g/mol. The summed E-state index contributed by atoms with van der Waals surface area (Å²) in [5.41, 5.74) is 18.2. The highest BCUT2D eigenvalue weighted by atomic mass is 16.3. The van der Waals surface area contributed by atoms with E-state index in [1.54, 1.807) is 0 Å². The minimum absolute atomic E-state index is 0.577. The molecule has 0 saturated heterocycles. The van der Waals surface area contributed by atoms with Crippen molar-refractivity contribution < 1.29 is 4.42 Å². The molecule has 70 heavy (non-hydrogen) atoms. The molecule has 14 rings (SSSR count). The zero-order chi connectivity index (χ0) is 46.2. The zero-order valence-corrected chi connectivity index (χ0v) is 38.1. The van der Waals surface area contributed by atoms with Gasteiger partial charge in [-0.2, -0.15) is 0 Å². The van der Waals surface area contributed by atoms with Crippen molar-refractivity contribution in [3.8, 4) is 67.3 Å². The van der Waals surface area contributed by atoms with Gasteiger partial charge in [-0.05, 0) is 114 Å². The van der Waals surface area contributed by atoms with E-state index in [0.29, 0.717) is 5.82 Å². The molecule has 11 aromatic carbocycles. The number of furan rings is 1. The summed E-state index contributed by atoms with van der Waals surface area (Å²) < 4.78 is 6.11. The van der Waals surface area contributed by atoms with Gasteiger partial charge in [-0.3, -0.25) is 0 Å². The summed E-state index contributed by atoms with van der Waals surface area (Å²) in [5.74, 6) is 0.692. The number of benzene rings is 11. The van der Waals surface area contributed by atoms with Gasteiger partial charge in [-0.1, -0.05) is 218 Å². The molecule has 13 aromatic rings. The van der Waals surface area contributed by atoms with Crippen LogP contribution in [-0.4, -0.2) is 9.97 Å². The van der Waals surface area contributed by atoms with Crippen molar-refractivity contribution in [2.24, 2.45) is 0 Å². The minimum Gasteiger partial charge on any atom is -0.456 e.